The fourth-order valence-electron chi connectivity index (χ4n) is 9.23. The van der Waals surface area contributed by atoms with Crippen LogP contribution in [0, 0.1) is 0 Å². The maximum Gasteiger partial charge on any atom is 0.417 e. The van der Waals surface area contributed by atoms with Crippen LogP contribution < -0.4 is 25.8 Å². The molecule has 9 heterocycles. The minimum atomic E-state index is -4.65. The smallest absolute Gasteiger partial charge is 0.417 e. The largest absolute Gasteiger partial charge is 0.439 e. The second-order valence-electron chi connectivity index (χ2n) is 20.1. The molecule has 12 rings (SSSR count). The van der Waals surface area contributed by atoms with Crippen molar-refractivity contribution >= 4 is 46.3 Å². The molecule has 24 nitrogen and oxygen atoms in total. The number of urea groups is 1. The lowest BCUT2D eigenvalue weighted by Crippen LogP contribution is -2.38. The summed E-state index contributed by atoms with van der Waals surface area (Å²) in [5, 5.41) is 18.2. The van der Waals surface area contributed by atoms with E-state index in [-0.39, 0.29) is 11.6 Å². The molecule has 88 heavy (non-hydrogen) atoms. The summed E-state index contributed by atoms with van der Waals surface area (Å²) >= 11 is 11.5. The number of nitrogens with two attached hydrogens (primary N) is 1. The number of carbonyl (C=O) groups is 1. The van der Waals surface area contributed by atoms with Crippen molar-refractivity contribution in [2.24, 2.45) is 0 Å². The van der Waals surface area contributed by atoms with Gasteiger partial charge in [-0.2, -0.15) is 28.5 Å². The summed E-state index contributed by atoms with van der Waals surface area (Å²) in [4.78, 5) is 44.6. The Morgan fingerprint density at radius 1 is 0.523 bits per heavy atom. The van der Waals surface area contributed by atoms with Crippen molar-refractivity contribution in [2.45, 2.75) is 25.8 Å². The zero-order valence-electron chi connectivity index (χ0n) is 47.6. The summed E-state index contributed by atoms with van der Waals surface area (Å²) < 4.78 is 72.8. The zero-order chi connectivity index (χ0) is 61.1. The van der Waals surface area contributed by atoms with Gasteiger partial charge in [0, 0.05) is 142 Å². The van der Waals surface area contributed by atoms with E-state index in [0.29, 0.717) is 39.6 Å². The van der Waals surface area contributed by atoms with Gasteiger partial charge in [-0.25, -0.2) is 34.7 Å². The van der Waals surface area contributed by atoms with E-state index in [1.165, 1.54) is 25.0 Å². The maximum absolute atomic E-state index is 13.1. The first-order valence-corrected chi connectivity index (χ1v) is 28.9. The number of morpholine rings is 3. The first kappa shape index (κ1) is 62.4. The molecule has 0 unspecified atom stereocenters. The summed E-state index contributed by atoms with van der Waals surface area (Å²) in [5.41, 5.74) is 10.5. The van der Waals surface area contributed by atoms with Crippen LogP contribution in [0.15, 0.2) is 141 Å². The molecule has 0 bridgehead atoms. The Hall–Kier alpha value is -8.67. The molecule has 0 saturated carbocycles. The van der Waals surface area contributed by atoms with Gasteiger partial charge in [0.15, 0.2) is 0 Å². The standard InChI is InChI=1S/C27H25ClF3N7O3.C19H22N6O2.C13H16ClN5O/c28-23-5-4-20(13-22(23)27(29,30)31)36-26(39)35-19-2-1-3-21(12-19)41-25-14-24(32-17-33-25)18-15-34-38(16-18)7-6-37-8-10-40-11-9-37;20-16-2-1-3-17(10-16)27-19-11-18(21-14-22-19)15-12-23-25(13-15)5-4-24-6-8-26-9-7-24;14-13-7-12(15-10-16-13)11-8-17-19(9-11)2-1-18-3-5-20-6-4-18/h1-5,12-17H,6-11H2,(H2,35,36,39);1-3,10-14H,4-9,20H2;7-10H,1-6H2. The van der Waals surface area contributed by atoms with Crippen molar-refractivity contribution < 1.29 is 41.7 Å². The van der Waals surface area contributed by atoms with E-state index in [1.54, 1.807) is 60.9 Å². The predicted octanol–water partition coefficient (Wildman–Crippen LogP) is 9.15. The Labute approximate surface area is 514 Å². The van der Waals surface area contributed by atoms with E-state index in [9.17, 15) is 18.0 Å². The Kier molecular flexibility index (Phi) is 21.8. The number of nitrogen functional groups attached to an aromatic ring is 1. The molecule has 460 valence electrons. The van der Waals surface area contributed by atoms with Crippen LogP contribution in [0.5, 0.6) is 23.3 Å². The third-order valence-electron chi connectivity index (χ3n) is 13.9. The number of nitrogens with zero attached hydrogens (tertiary/aromatic N) is 15. The van der Waals surface area contributed by atoms with E-state index in [2.05, 4.69) is 70.5 Å². The van der Waals surface area contributed by atoms with Gasteiger partial charge in [0.05, 0.1) is 106 Å². The molecule has 0 atom stereocenters. The molecule has 6 aromatic heterocycles. The number of benzene rings is 3. The zero-order valence-corrected chi connectivity index (χ0v) is 49.1. The quantitative estimate of drug-likeness (QED) is 0.0534. The van der Waals surface area contributed by atoms with Crippen molar-refractivity contribution in [3.05, 3.63) is 157 Å². The number of ether oxygens (including phenoxy) is 5. The van der Waals surface area contributed by atoms with E-state index in [1.807, 2.05) is 57.0 Å². The third kappa shape index (κ3) is 18.9. The second-order valence-corrected chi connectivity index (χ2v) is 20.9. The summed E-state index contributed by atoms with van der Waals surface area (Å²) in [7, 11) is 0. The van der Waals surface area contributed by atoms with E-state index >= 15 is 0 Å². The summed E-state index contributed by atoms with van der Waals surface area (Å²) in [6.07, 6.45) is 10.9. The van der Waals surface area contributed by atoms with Crippen molar-refractivity contribution in [1.29, 1.82) is 0 Å². The first-order chi connectivity index (χ1) is 42.8. The Bertz CT molecular complexity index is 3690. The van der Waals surface area contributed by atoms with Crippen LogP contribution in [0.4, 0.5) is 35.0 Å². The van der Waals surface area contributed by atoms with Crippen LogP contribution in [-0.4, -0.2) is 179 Å². The van der Waals surface area contributed by atoms with E-state index in [4.69, 9.17) is 52.6 Å². The molecule has 2 amide bonds. The average Bonchev–Trinajstić information content (AvgIpc) is 3.67. The second kappa shape index (κ2) is 30.8. The molecule has 3 aliphatic rings. The fraction of sp³-hybridized carbons (Fsp3) is 0.322. The first-order valence-electron chi connectivity index (χ1n) is 28.2. The molecule has 3 aromatic carbocycles. The molecule has 9 aromatic rings. The van der Waals surface area contributed by atoms with Crippen LogP contribution in [-0.2, 0) is 40.0 Å². The van der Waals surface area contributed by atoms with Gasteiger partial charge < -0.3 is 40.1 Å². The minimum Gasteiger partial charge on any atom is -0.439 e. The highest BCUT2D eigenvalue weighted by atomic mass is 35.5. The lowest BCUT2D eigenvalue weighted by Gasteiger charge is -2.26. The van der Waals surface area contributed by atoms with Crippen LogP contribution in [0.25, 0.3) is 33.8 Å². The SMILES string of the molecule is Clc1cc(-c2cnn(CCN3CCOCC3)c2)ncn1.Nc1cccc(Oc2cc(-c3cnn(CCN4CCOCC4)c3)ncn2)c1.O=C(Nc1cccc(Oc2cc(-c3cnn(CCN4CCOCC4)c3)ncn2)c1)Nc1ccc(Cl)c(C(F)(F)F)c1. The van der Waals surface area contributed by atoms with Crippen LogP contribution in [0.1, 0.15) is 5.56 Å². The van der Waals surface area contributed by atoms with E-state index in [0.717, 1.165) is 158 Å². The highest BCUT2D eigenvalue weighted by Gasteiger charge is 2.33. The molecular formula is C59H63Cl2F3N18O6. The topological polar surface area (TPSA) is 254 Å². The molecule has 0 aliphatic carbocycles. The van der Waals surface area contributed by atoms with Crippen molar-refractivity contribution in [1.82, 2.24) is 73.9 Å². The van der Waals surface area contributed by atoms with Gasteiger partial charge in [-0.1, -0.05) is 35.3 Å². The number of aromatic nitrogens is 12. The number of nitrogens with one attached hydrogen (secondary N) is 2. The lowest BCUT2D eigenvalue weighted by molar-refractivity contribution is -0.137. The summed E-state index contributed by atoms with van der Waals surface area (Å²) in [6, 6.07) is 21.3. The third-order valence-corrected chi connectivity index (χ3v) is 14.4. The number of rotatable bonds is 18. The number of carbonyl (C=O) groups excluding carboxylic acids is 1. The number of anilines is 3. The number of alkyl halides is 3. The normalized spacial score (nSPS) is 14.9. The van der Waals surface area contributed by atoms with Gasteiger partial charge in [-0.3, -0.25) is 28.7 Å². The summed E-state index contributed by atoms with van der Waals surface area (Å²) in [6.45, 7) is 15.8. The molecule has 29 heteroatoms. The molecule has 3 fully saturated rings. The fourth-order valence-corrected chi connectivity index (χ4v) is 9.60. The Morgan fingerprint density at radius 2 is 0.955 bits per heavy atom. The van der Waals surface area contributed by atoms with Crippen LogP contribution in [0.2, 0.25) is 10.2 Å². The minimum absolute atomic E-state index is 0.0652. The monoisotopic (exact) mass is 1250 g/mol. The van der Waals surface area contributed by atoms with Crippen molar-refractivity contribution in [2.75, 3.05) is 115 Å². The van der Waals surface area contributed by atoms with Crippen LogP contribution >= 0.6 is 23.2 Å². The number of hydrogen-bond acceptors (Lipinski definition) is 19. The Balaban J connectivity index is 0.000000156. The van der Waals surface area contributed by atoms with Gasteiger partial charge in [-0.05, 0) is 42.5 Å². The predicted molar refractivity (Wildman–Crippen MR) is 323 cm³/mol. The molecule has 3 aliphatic heterocycles. The van der Waals surface area contributed by atoms with Gasteiger partial charge in [0.2, 0.25) is 11.8 Å². The van der Waals surface area contributed by atoms with Gasteiger partial charge in [0.25, 0.3) is 0 Å². The van der Waals surface area contributed by atoms with Gasteiger partial charge in [-0.15, -0.1) is 0 Å². The van der Waals surface area contributed by atoms with Gasteiger partial charge >= 0.3 is 12.2 Å². The van der Waals surface area contributed by atoms with Crippen molar-refractivity contribution in [3.8, 4) is 57.0 Å². The van der Waals surface area contributed by atoms with Crippen LogP contribution in [0.3, 0.4) is 0 Å². The molecule has 0 spiro atoms. The van der Waals surface area contributed by atoms with Gasteiger partial charge in [0.1, 0.15) is 35.6 Å². The lowest BCUT2D eigenvalue weighted by atomic mass is 10.2. The average molecular weight is 1250 g/mol. The summed E-state index contributed by atoms with van der Waals surface area (Å²) in [5.74, 6) is 1.76. The van der Waals surface area contributed by atoms with E-state index < -0.39 is 22.8 Å². The Morgan fingerprint density at radius 3 is 1.41 bits per heavy atom. The number of amides is 2. The highest BCUT2D eigenvalue weighted by molar-refractivity contribution is 6.31. The van der Waals surface area contributed by atoms with Crippen molar-refractivity contribution in [3.63, 3.8) is 0 Å². The number of hydrogen-bond donors (Lipinski definition) is 3. The highest BCUT2D eigenvalue weighted by Crippen LogP contribution is 2.36. The molecular weight excluding hydrogens is 1180 g/mol. The maximum atomic E-state index is 13.1. The molecule has 4 N–H and O–H groups in total. The molecule has 3 saturated heterocycles. The number of halogens is 5. The molecule has 0 radical (unpaired) electrons.